The quantitative estimate of drug-likeness (QED) is 0.806. The summed E-state index contributed by atoms with van der Waals surface area (Å²) in [5.74, 6) is 0.146. The van der Waals surface area contributed by atoms with E-state index in [-0.39, 0.29) is 17.4 Å². The lowest BCUT2D eigenvalue weighted by molar-refractivity contribution is -0.137. The maximum Gasteiger partial charge on any atom is 0.240 e. The molecule has 4 nitrogen and oxygen atoms in total. The average molecular weight is 237 g/mol. The van der Waals surface area contributed by atoms with E-state index in [2.05, 4.69) is 25.2 Å². The van der Waals surface area contributed by atoms with Gasteiger partial charge in [-0.3, -0.25) is 4.79 Å². The summed E-state index contributed by atoms with van der Waals surface area (Å²) in [6.07, 6.45) is 2.61. The number of hydrogen-bond donors (Lipinski definition) is 1. The molecule has 1 fully saturated rings. The molecular formula is C13H23N3O. The zero-order chi connectivity index (χ0) is 12.9. The molecule has 1 aliphatic heterocycles. The molecule has 0 aromatic rings. The lowest BCUT2D eigenvalue weighted by Gasteiger charge is -2.40. The number of carbonyl (C=O) groups is 1. The van der Waals surface area contributed by atoms with Gasteiger partial charge in [0.25, 0.3) is 0 Å². The molecule has 0 aromatic heterocycles. The largest absolute Gasteiger partial charge is 0.341 e. The molecule has 1 aliphatic rings. The highest BCUT2D eigenvalue weighted by molar-refractivity contribution is 5.83. The van der Waals surface area contributed by atoms with Gasteiger partial charge in [0, 0.05) is 13.1 Å². The molecule has 0 saturated carbocycles. The van der Waals surface area contributed by atoms with Gasteiger partial charge in [-0.1, -0.05) is 13.8 Å². The van der Waals surface area contributed by atoms with Crippen molar-refractivity contribution in [3.63, 3.8) is 0 Å². The minimum atomic E-state index is -0.102. The summed E-state index contributed by atoms with van der Waals surface area (Å²) in [6, 6.07) is 1.99. The van der Waals surface area contributed by atoms with E-state index in [1.165, 1.54) is 0 Å². The Balaban J connectivity index is 2.69. The van der Waals surface area contributed by atoms with Crippen LogP contribution in [-0.4, -0.2) is 36.5 Å². The van der Waals surface area contributed by atoms with Crippen molar-refractivity contribution in [1.82, 2.24) is 10.2 Å². The van der Waals surface area contributed by atoms with Gasteiger partial charge < -0.3 is 10.2 Å². The topological polar surface area (TPSA) is 56.1 Å². The van der Waals surface area contributed by atoms with Crippen molar-refractivity contribution in [3.05, 3.63) is 0 Å². The molecule has 0 bridgehead atoms. The van der Waals surface area contributed by atoms with Crippen molar-refractivity contribution >= 4 is 5.91 Å². The van der Waals surface area contributed by atoms with Gasteiger partial charge in [-0.15, -0.1) is 0 Å². The fourth-order valence-corrected chi connectivity index (χ4v) is 2.42. The second-order valence-electron chi connectivity index (χ2n) is 5.31. The van der Waals surface area contributed by atoms with E-state index in [1.54, 1.807) is 4.90 Å². The van der Waals surface area contributed by atoms with E-state index in [9.17, 15) is 4.79 Å². The van der Waals surface area contributed by atoms with Crippen LogP contribution in [0, 0.1) is 16.7 Å². The zero-order valence-electron chi connectivity index (χ0n) is 11.1. The van der Waals surface area contributed by atoms with Crippen molar-refractivity contribution < 1.29 is 4.79 Å². The molecule has 17 heavy (non-hydrogen) atoms. The highest BCUT2D eigenvalue weighted by Gasteiger charge is 2.38. The third kappa shape index (κ3) is 3.44. The molecule has 0 aliphatic carbocycles. The Kier molecular flexibility index (Phi) is 4.95. The first-order valence-corrected chi connectivity index (χ1v) is 6.42. The van der Waals surface area contributed by atoms with E-state index in [0.717, 1.165) is 19.4 Å². The molecule has 1 amide bonds. The maximum atomic E-state index is 12.4. The molecule has 1 N–H and O–H groups in total. The van der Waals surface area contributed by atoms with Crippen LogP contribution in [-0.2, 0) is 4.79 Å². The fraction of sp³-hybridized carbons (Fsp3) is 0.846. The van der Waals surface area contributed by atoms with Gasteiger partial charge in [-0.05, 0) is 31.7 Å². The molecule has 4 heteroatoms. The van der Waals surface area contributed by atoms with E-state index < -0.39 is 0 Å². The third-order valence-corrected chi connectivity index (χ3v) is 3.56. The molecule has 1 atom stereocenters. The highest BCUT2D eigenvalue weighted by Crippen LogP contribution is 2.31. The number of piperidine rings is 1. The highest BCUT2D eigenvalue weighted by atomic mass is 16.2. The predicted molar refractivity (Wildman–Crippen MR) is 67.3 cm³/mol. The summed E-state index contributed by atoms with van der Waals surface area (Å²) in [5, 5.41) is 11.9. The first kappa shape index (κ1) is 14.0. The molecular weight excluding hydrogens is 214 g/mol. The number of nitriles is 1. The minimum absolute atomic E-state index is 0.00932. The van der Waals surface area contributed by atoms with Crippen molar-refractivity contribution in [3.8, 4) is 6.07 Å². The summed E-state index contributed by atoms with van der Waals surface area (Å²) >= 11 is 0. The molecule has 0 spiro atoms. The summed E-state index contributed by atoms with van der Waals surface area (Å²) in [7, 11) is 0. The Morgan fingerprint density at radius 1 is 1.59 bits per heavy atom. The van der Waals surface area contributed by atoms with Crippen LogP contribution in [0.4, 0.5) is 0 Å². The van der Waals surface area contributed by atoms with Crippen LogP contribution in [0.2, 0.25) is 0 Å². The number of nitrogens with zero attached hydrogens (tertiary/aromatic N) is 2. The Morgan fingerprint density at radius 2 is 2.29 bits per heavy atom. The summed E-state index contributed by atoms with van der Waals surface area (Å²) < 4.78 is 0. The van der Waals surface area contributed by atoms with Crippen molar-refractivity contribution in [1.29, 1.82) is 5.26 Å². The molecule has 0 aromatic carbocycles. The minimum Gasteiger partial charge on any atom is -0.341 e. The second-order valence-corrected chi connectivity index (χ2v) is 5.31. The standard InChI is InChI=1S/C13H23N3O/c1-4-16(10-6-8-14)12(17)11-13(2,3)7-5-9-15-11/h11,15H,4-7,9-10H2,1-3H3. The van der Waals surface area contributed by atoms with Crippen molar-refractivity contribution in [2.45, 2.75) is 46.1 Å². The lowest BCUT2D eigenvalue weighted by Crippen LogP contribution is -2.56. The molecule has 1 heterocycles. The number of carbonyl (C=O) groups excluding carboxylic acids is 1. The number of nitrogens with one attached hydrogen (secondary N) is 1. The number of hydrogen-bond acceptors (Lipinski definition) is 3. The van der Waals surface area contributed by atoms with Gasteiger partial charge in [0.2, 0.25) is 5.91 Å². The SMILES string of the molecule is CCN(CCC#N)C(=O)C1NCCCC1(C)C. The average Bonchev–Trinajstić information content (AvgIpc) is 2.29. The smallest absolute Gasteiger partial charge is 0.240 e. The van der Waals surface area contributed by atoms with E-state index in [0.29, 0.717) is 19.5 Å². The zero-order valence-corrected chi connectivity index (χ0v) is 11.1. The Labute approximate surface area is 104 Å². The van der Waals surface area contributed by atoms with E-state index in [1.807, 2.05) is 6.92 Å². The van der Waals surface area contributed by atoms with Gasteiger partial charge in [-0.2, -0.15) is 5.26 Å². The number of amides is 1. The van der Waals surface area contributed by atoms with Gasteiger partial charge in [0.1, 0.15) is 0 Å². The van der Waals surface area contributed by atoms with Crippen LogP contribution >= 0.6 is 0 Å². The molecule has 1 rings (SSSR count). The van der Waals surface area contributed by atoms with Crippen LogP contribution in [0.1, 0.15) is 40.0 Å². The monoisotopic (exact) mass is 237 g/mol. The van der Waals surface area contributed by atoms with Crippen LogP contribution in [0.25, 0.3) is 0 Å². The van der Waals surface area contributed by atoms with E-state index in [4.69, 9.17) is 5.26 Å². The summed E-state index contributed by atoms with van der Waals surface area (Å²) in [5.41, 5.74) is 0.00932. The maximum absolute atomic E-state index is 12.4. The lowest BCUT2D eigenvalue weighted by atomic mass is 9.77. The Bertz CT molecular complexity index is 306. The van der Waals surface area contributed by atoms with Gasteiger partial charge in [-0.25, -0.2) is 0 Å². The van der Waals surface area contributed by atoms with E-state index >= 15 is 0 Å². The molecule has 0 radical (unpaired) electrons. The number of likely N-dealkylation sites (N-methyl/N-ethyl adjacent to an activating group) is 1. The normalized spacial score (nSPS) is 22.8. The van der Waals surface area contributed by atoms with Gasteiger partial charge in [0.15, 0.2) is 0 Å². The fourth-order valence-electron chi connectivity index (χ4n) is 2.42. The van der Waals surface area contributed by atoms with Crippen LogP contribution < -0.4 is 5.32 Å². The van der Waals surface area contributed by atoms with Crippen molar-refractivity contribution in [2.24, 2.45) is 5.41 Å². The third-order valence-electron chi connectivity index (χ3n) is 3.56. The Hall–Kier alpha value is -1.08. The summed E-state index contributed by atoms with van der Waals surface area (Å²) in [6.45, 7) is 8.37. The van der Waals surface area contributed by atoms with Gasteiger partial charge >= 0.3 is 0 Å². The number of rotatable bonds is 4. The second kappa shape index (κ2) is 6.02. The molecule has 1 saturated heterocycles. The first-order chi connectivity index (χ1) is 8.03. The van der Waals surface area contributed by atoms with Gasteiger partial charge in [0.05, 0.1) is 18.5 Å². The Morgan fingerprint density at radius 3 is 2.82 bits per heavy atom. The molecule has 96 valence electrons. The van der Waals surface area contributed by atoms with Crippen LogP contribution in [0.5, 0.6) is 0 Å². The first-order valence-electron chi connectivity index (χ1n) is 6.42. The van der Waals surface area contributed by atoms with Crippen molar-refractivity contribution in [2.75, 3.05) is 19.6 Å². The summed E-state index contributed by atoms with van der Waals surface area (Å²) in [4.78, 5) is 14.2. The molecule has 1 unspecified atom stereocenters. The van der Waals surface area contributed by atoms with Crippen LogP contribution in [0.15, 0.2) is 0 Å². The van der Waals surface area contributed by atoms with Crippen LogP contribution in [0.3, 0.4) is 0 Å². The predicted octanol–water partition coefficient (Wildman–Crippen LogP) is 1.53.